The Bertz CT molecular complexity index is 719. The SMILES string of the molecule is Cn1ccc(CC(=O)N2CCN(C(=O)COc3ccccc3)CC2)c1. The molecule has 132 valence electrons. The minimum Gasteiger partial charge on any atom is -0.484 e. The number of benzene rings is 1. The van der Waals surface area contributed by atoms with E-state index in [2.05, 4.69) is 0 Å². The molecule has 1 saturated heterocycles. The van der Waals surface area contributed by atoms with E-state index in [0.717, 1.165) is 5.56 Å². The Morgan fingerprint density at radius 1 is 0.960 bits per heavy atom. The van der Waals surface area contributed by atoms with E-state index in [1.807, 2.05) is 65.3 Å². The van der Waals surface area contributed by atoms with Gasteiger partial charge >= 0.3 is 0 Å². The molecule has 6 nitrogen and oxygen atoms in total. The molecule has 2 aromatic rings. The summed E-state index contributed by atoms with van der Waals surface area (Å²) in [5.74, 6) is 0.755. The van der Waals surface area contributed by atoms with E-state index in [1.165, 1.54) is 0 Å². The highest BCUT2D eigenvalue weighted by atomic mass is 16.5. The maximum Gasteiger partial charge on any atom is 0.260 e. The van der Waals surface area contributed by atoms with Gasteiger partial charge in [0.25, 0.3) is 5.91 Å². The van der Waals surface area contributed by atoms with Crippen LogP contribution in [0.5, 0.6) is 5.75 Å². The van der Waals surface area contributed by atoms with Gasteiger partial charge in [0.05, 0.1) is 6.42 Å². The van der Waals surface area contributed by atoms with Crippen LogP contribution in [0.3, 0.4) is 0 Å². The summed E-state index contributed by atoms with van der Waals surface area (Å²) in [5.41, 5.74) is 1.02. The predicted molar refractivity (Wildman–Crippen MR) is 94.2 cm³/mol. The second-order valence-corrected chi connectivity index (χ2v) is 6.23. The first-order chi connectivity index (χ1) is 12.1. The number of rotatable bonds is 5. The van der Waals surface area contributed by atoms with Gasteiger partial charge in [0.15, 0.2) is 6.61 Å². The Hall–Kier alpha value is -2.76. The Kier molecular flexibility index (Phi) is 5.38. The van der Waals surface area contributed by atoms with Gasteiger partial charge in [0.2, 0.25) is 5.91 Å². The number of aromatic nitrogens is 1. The molecule has 0 unspecified atom stereocenters. The monoisotopic (exact) mass is 341 g/mol. The molecule has 0 atom stereocenters. The molecule has 25 heavy (non-hydrogen) atoms. The van der Waals surface area contributed by atoms with Crippen LogP contribution in [0.15, 0.2) is 48.8 Å². The molecular weight excluding hydrogens is 318 g/mol. The van der Waals surface area contributed by atoms with E-state index < -0.39 is 0 Å². The largest absolute Gasteiger partial charge is 0.484 e. The lowest BCUT2D eigenvalue weighted by molar-refractivity contribution is -0.140. The third-order valence-corrected chi connectivity index (χ3v) is 4.34. The molecule has 0 aliphatic carbocycles. The molecular formula is C19H23N3O3. The van der Waals surface area contributed by atoms with Crippen LogP contribution < -0.4 is 4.74 Å². The van der Waals surface area contributed by atoms with Crippen molar-refractivity contribution in [3.63, 3.8) is 0 Å². The molecule has 1 aromatic carbocycles. The topological polar surface area (TPSA) is 54.8 Å². The fourth-order valence-electron chi connectivity index (χ4n) is 2.91. The molecule has 0 spiro atoms. The first kappa shape index (κ1) is 17.1. The second-order valence-electron chi connectivity index (χ2n) is 6.23. The normalized spacial score (nSPS) is 14.4. The zero-order valence-corrected chi connectivity index (χ0v) is 14.4. The van der Waals surface area contributed by atoms with Gasteiger partial charge in [-0.1, -0.05) is 18.2 Å². The van der Waals surface area contributed by atoms with E-state index in [0.29, 0.717) is 38.3 Å². The molecule has 2 amide bonds. The number of ether oxygens (including phenoxy) is 1. The van der Waals surface area contributed by atoms with Crippen molar-refractivity contribution in [3.8, 4) is 5.75 Å². The van der Waals surface area contributed by atoms with Crippen LogP contribution in [-0.2, 0) is 23.1 Å². The van der Waals surface area contributed by atoms with E-state index in [1.54, 1.807) is 4.90 Å². The summed E-state index contributed by atoms with van der Waals surface area (Å²) in [6.45, 7) is 2.28. The fraction of sp³-hybridized carbons (Fsp3) is 0.368. The van der Waals surface area contributed by atoms with Gasteiger partial charge < -0.3 is 19.1 Å². The van der Waals surface area contributed by atoms with E-state index >= 15 is 0 Å². The Morgan fingerprint density at radius 2 is 1.60 bits per heavy atom. The molecule has 1 aromatic heterocycles. The van der Waals surface area contributed by atoms with Crippen LogP contribution in [0.1, 0.15) is 5.56 Å². The van der Waals surface area contributed by atoms with Gasteiger partial charge in [0, 0.05) is 45.6 Å². The van der Waals surface area contributed by atoms with Gasteiger partial charge in [-0.15, -0.1) is 0 Å². The molecule has 1 aliphatic heterocycles. The van der Waals surface area contributed by atoms with Crippen molar-refractivity contribution in [1.29, 1.82) is 0 Å². The van der Waals surface area contributed by atoms with E-state index in [-0.39, 0.29) is 18.4 Å². The lowest BCUT2D eigenvalue weighted by atomic mass is 10.2. The minimum atomic E-state index is -0.0426. The lowest BCUT2D eigenvalue weighted by Gasteiger charge is -2.34. The first-order valence-electron chi connectivity index (χ1n) is 8.46. The average Bonchev–Trinajstić information content (AvgIpc) is 3.05. The molecule has 2 heterocycles. The quantitative estimate of drug-likeness (QED) is 0.824. The number of carbonyl (C=O) groups excluding carboxylic acids is 2. The highest BCUT2D eigenvalue weighted by Gasteiger charge is 2.24. The molecule has 1 aliphatic rings. The van der Waals surface area contributed by atoms with Crippen molar-refractivity contribution in [2.45, 2.75) is 6.42 Å². The van der Waals surface area contributed by atoms with Crippen LogP contribution in [0, 0.1) is 0 Å². The first-order valence-corrected chi connectivity index (χ1v) is 8.46. The van der Waals surface area contributed by atoms with E-state index in [9.17, 15) is 9.59 Å². The zero-order valence-electron chi connectivity index (χ0n) is 14.4. The van der Waals surface area contributed by atoms with Crippen molar-refractivity contribution >= 4 is 11.8 Å². The van der Waals surface area contributed by atoms with Gasteiger partial charge in [-0.3, -0.25) is 9.59 Å². The number of amides is 2. The van der Waals surface area contributed by atoms with E-state index in [4.69, 9.17) is 4.74 Å². The molecule has 0 saturated carbocycles. The molecule has 0 N–H and O–H groups in total. The number of piperazine rings is 1. The summed E-state index contributed by atoms with van der Waals surface area (Å²) in [7, 11) is 1.94. The van der Waals surface area contributed by atoms with Crippen molar-refractivity contribution < 1.29 is 14.3 Å². The van der Waals surface area contributed by atoms with Crippen molar-refractivity contribution in [2.24, 2.45) is 7.05 Å². The maximum absolute atomic E-state index is 12.4. The summed E-state index contributed by atoms with van der Waals surface area (Å²) in [5, 5.41) is 0. The highest BCUT2D eigenvalue weighted by molar-refractivity contribution is 5.80. The Labute approximate surface area is 147 Å². The zero-order chi connectivity index (χ0) is 17.6. The number of hydrogen-bond donors (Lipinski definition) is 0. The number of carbonyl (C=O) groups is 2. The molecule has 6 heteroatoms. The maximum atomic E-state index is 12.4. The van der Waals surface area contributed by atoms with Crippen LogP contribution >= 0.6 is 0 Å². The summed E-state index contributed by atoms with van der Waals surface area (Å²) < 4.78 is 7.44. The lowest BCUT2D eigenvalue weighted by Crippen LogP contribution is -2.52. The number of nitrogens with zero attached hydrogens (tertiary/aromatic N) is 3. The van der Waals surface area contributed by atoms with Gasteiger partial charge in [0.1, 0.15) is 5.75 Å². The summed E-state index contributed by atoms with van der Waals surface area (Å²) in [4.78, 5) is 28.2. The van der Waals surface area contributed by atoms with Crippen molar-refractivity contribution in [1.82, 2.24) is 14.4 Å². The van der Waals surface area contributed by atoms with Crippen LogP contribution in [-0.4, -0.2) is 59.0 Å². The summed E-state index contributed by atoms with van der Waals surface area (Å²) >= 11 is 0. The third-order valence-electron chi connectivity index (χ3n) is 4.34. The van der Waals surface area contributed by atoms with Crippen LogP contribution in [0.2, 0.25) is 0 Å². The third kappa shape index (κ3) is 4.62. The van der Waals surface area contributed by atoms with Crippen LogP contribution in [0.4, 0.5) is 0 Å². The summed E-state index contributed by atoms with van der Waals surface area (Å²) in [6.07, 6.45) is 4.30. The molecule has 0 bridgehead atoms. The minimum absolute atomic E-state index is 0.0297. The standard InChI is InChI=1S/C19H23N3O3/c1-20-8-7-16(14-20)13-18(23)21-9-11-22(12-10-21)19(24)15-25-17-5-3-2-4-6-17/h2-8,14H,9-13,15H2,1H3. The van der Waals surface area contributed by atoms with Gasteiger partial charge in [-0.2, -0.15) is 0 Å². The average molecular weight is 341 g/mol. The molecule has 1 fully saturated rings. The molecule has 0 radical (unpaired) electrons. The number of aryl methyl sites for hydroxylation is 1. The summed E-state index contributed by atoms with van der Waals surface area (Å²) in [6, 6.07) is 11.3. The Morgan fingerprint density at radius 3 is 2.20 bits per heavy atom. The van der Waals surface area contributed by atoms with Gasteiger partial charge in [-0.05, 0) is 23.8 Å². The molecule has 3 rings (SSSR count). The Balaban J connectivity index is 1.43. The van der Waals surface area contributed by atoms with Gasteiger partial charge in [-0.25, -0.2) is 0 Å². The highest BCUT2D eigenvalue weighted by Crippen LogP contribution is 2.10. The fourth-order valence-corrected chi connectivity index (χ4v) is 2.91. The van der Waals surface area contributed by atoms with Crippen LogP contribution in [0.25, 0.3) is 0 Å². The second kappa shape index (κ2) is 7.88. The number of para-hydroxylation sites is 1. The number of hydrogen-bond acceptors (Lipinski definition) is 3. The van der Waals surface area contributed by atoms with Crippen molar-refractivity contribution in [3.05, 3.63) is 54.4 Å². The van der Waals surface area contributed by atoms with Crippen molar-refractivity contribution in [2.75, 3.05) is 32.8 Å². The predicted octanol–water partition coefficient (Wildman–Crippen LogP) is 1.32. The smallest absolute Gasteiger partial charge is 0.260 e.